The maximum atomic E-state index is 9.05. The van der Waals surface area contributed by atoms with Crippen molar-refractivity contribution in [1.29, 1.82) is 0 Å². The van der Waals surface area contributed by atoms with E-state index >= 15 is 0 Å². The Morgan fingerprint density at radius 3 is 0.833 bits per heavy atom. The van der Waals surface area contributed by atoms with E-state index in [4.69, 9.17) is 25.9 Å². The summed E-state index contributed by atoms with van der Waals surface area (Å²) < 4.78 is 50.9. The normalized spacial score (nSPS) is 9.67. The van der Waals surface area contributed by atoms with Crippen molar-refractivity contribution in [1.82, 2.24) is 0 Å². The standard InChI is InChI=1S/K.Na.2H2O3S2.2H/c;;2*1-5(2,3)4;;/h;;2*(H2,1,2,3,4);;. The molecule has 0 aliphatic carbocycles. The van der Waals surface area contributed by atoms with Gasteiger partial charge in [-0.1, -0.05) is 0 Å². The van der Waals surface area contributed by atoms with Crippen LogP contribution in [0.25, 0.3) is 0 Å². The Labute approximate surface area is 145 Å². The predicted octanol–water partition coefficient (Wildman–Crippen LogP) is -1.86. The van der Waals surface area contributed by atoms with Crippen molar-refractivity contribution in [2.75, 3.05) is 0 Å². The van der Waals surface area contributed by atoms with Gasteiger partial charge >= 0.3 is 99.2 Å². The molecule has 0 spiro atoms. The Hall–Kier alpha value is 3.16. The monoisotopic (exact) mass is 292 g/mol. The summed E-state index contributed by atoms with van der Waals surface area (Å²) in [4.78, 5) is 0. The predicted molar refractivity (Wildman–Crippen MR) is 55.4 cm³/mol. The van der Waals surface area contributed by atoms with Crippen molar-refractivity contribution in [3.8, 4) is 0 Å². The first kappa shape index (κ1) is 24.4. The summed E-state index contributed by atoms with van der Waals surface area (Å²) in [5.41, 5.74) is 0. The molecule has 12 heavy (non-hydrogen) atoms. The quantitative estimate of drug-likeness (QED) is 0.180. The van der Waals surface area contributed by atoms with Gasteiger partial charge in [0.05, 0.1) is 0 Å². The van der Waals surface area contributed by atoms with Crippen molar-refractivity contribution in [2.45, 2.75) is 0 Å². The molecule has 0 atom stereocenters. The second kappa shape index (κ2) is 10.7. The molecule has 0 aliphatic rings. The van der Waals surface area contributed by atoms with Gasteiger partial charge in [-0.2, -0.15) is 16.8 Å². The van der Waals surface area contributed by atoms with E-state index in [0.29, 0.717) is 0 Å². The van der Waals surface area contributed by atoms with Crippen LogP contribution in [0.15, 0.2) is 0 Å². The fourth-order valence-electron chi connectivity index (χ4n) is 0. The van der Waals surface area contributed by atoms with Crippen molar-refractivity contribution in [2.24, 2.45) is 0 Å². The molecule has 0 bridgehead atoms. The zero-order valence-corrected chi connectivity index (χ0v) is 7.66. The van der Waals surface area contributed by atoms with Gasteiger partial charge < -0.3 is 0 Å². The summed E-state index contributed by atoms with van der Waals surface area (Å²) in [6, 6.07) is 0. The van der Waals surface area contributed by atoms with Gasteiger partial charge in [-0.3, -0.25) is 9.11 Å². The van der Waals surface area contributed by atoms with Crippen LogP contribution in [0.4, 0.5) is 0 Å². The maximum absolute atomic E-state index is 9.05. The number of thiol groups is 2. The van der Waals surface area contributed by atoms with Crippen molar-refractivity contribution < 1.29 is 25.9 Å². The summed E-state index contributed by atoms with van der Waals surface area (Å²) in [6.07, 6.45) is 0. The molecule has 6 nitrogen and oxygen atoms in total. The van der Waals surface area contributed by atoms with Crippen molar-refractivity contribution >= 4 is 123 Å². The van der Waals surface area contributed by atoms with E-state index in [2.05, 4.69) is 23.3 Å². The van der Waals surface area contributed by atoms with Crippen LogP contribution in [0.1, 0.15) is 0 Å². The second-order valence-corrected chi connectivity index (χ2v) is 5.46. The Balaban J connectivity index is -0.0000000457. The molecule has 0 amide bonds. The molecule has 2 N–H and O–H groups in total. The zero-order chi connectivity index (χ0) is 9.00. The van der Waals surface area contributed by atoms with E-state index in [1.54, 1.807) is 0 Å². The van der Waals surface area contributed by atoms with E-state index in [1.165, 1.54) is 0 Å². The summed E-state index contributed by atoms with van der Waals surface area (Å²) in [7, 11) is -7.94. The summed E-state index contributed by atoms with van der Waals surface area (Å²) in [6.45, 7) is 0. The van der Waals surface area contributed by atoms with Crippen LogP contribution in [0.2, 0.25) is 0 Å². The Bertz CT molecular complexity index is 216. The van der Waals surface area contributed by atoms with Crippen LogP contribution in [0.3, 0.4) is 0 Å². The summed E-state index contributed by atoms with van der Waals surface area (Å²) >= 11 is 5.30. The molecule has 0 unspecified atom stereocenters. The summed E-state index contributed by atoms with van der Waals surface area (Å²) in [5, 5.41) is 0. The van der Waals surface area contributed by atoms with Crippen LogP contribution in [-0.2, 0) is 18.3 Å². The minimum absolute atomic E-state index is 0. The molecule has 0 aliphatic heterocycles. The molecule has 0 rings (SSSR count). The summed E-state index contributed by atoms with van der Waals surface area (Å²) in [5.74, 6) is 0. The minimum atomic E-state index is -3.97. The van der Waals surface area contributed by atoms with Gasteiger partial charge in [0.15, 0.2) is 0 Å². The van der Waals surface area contributed by atoms with Crippen molar-refractivity contribution in [3.63, 3.8) is 0 Å². The van der Waals surface area contributed by atoms with Crippen LogP contribution in [0.5, 0.6) is 0 Å². The van der Waals surface area contributed by atoms with Gasteiger partial charge in [0.25, 0.3) is 0 Å². The fraction of sp³-hybridized carbons (Fsp3) is 0. The Morgan fingerprint density at radius 2 is 0.833 bits per heavy atom. The molecule has 0 heterocycles. The molecule has 0 fully saturated rings. The molecule has 0 aromatic heterocycles. The molecular formula is H6KNaO6S4. The molecular weight excluding hydrogens is 286 g/mol. The number of hydrogen-bond donors (Lipinski definition) is 4. The second-order valence-electron chi connectivity index (χ2n) is 0.896. The molecule has 0 aromatic carbocycles. The van der Waals surface area contributed by atoms with Crippen LogP contribution in [0, 0.1) is 0 Å². The SMILES string of the molecule is O=S(=O)(O)S.O=S(=O)(O)S.[KH].[NaH]. The molecule has 0 aromatic rings. The van der Waals surface area contributed by atoms with Crippen LogP contribution < -0.4 is 0 Å². The van der Waals surface area contributed by atoms with Gasteiger partial charge in [0, 0.05) is 0 Å². The van der Waals surface area contributed by atoms with Crippen LogP contribution >= 0.6 is 23.3 Å². The molecule has 68 valence electrons. The molecule has 0 radical (unpaired) electrons. The number of hydrogen-bond acceptors (Lipinski definition) is 4. The van der Waals surface area contributed by atoms with Gasteiger partial charge in [-0.25, -0.2) is 0 Å². The van der Waals surface area contributed by atoms with E-state index in [9.17, 15) is 0 Å². The Kier molecular flexibility index (Phi) is 21.7. The van der Waals surface area contributed by atoms with E-state index in [-0.39, 0.29) is 80.9 Å². The topological polar surface area (TPSA) is 109 Å². The Morgan fingerprint density at radius 1 is 0.833 bits per heavy atom. The van der Waals surface area contributed by atoms with E-state index in [1.807, 2.05) is 0 Å². The average Bonchev–Trinajstić information content (AvgIpc) is 1.12. The van der Waals surface area contributed by atoms with Gasteiger partial charge in [-0.05, 0) is 23.3 Å². The number of rotatable bonds is 0. The first-order valence-electron chi connectivity index (χ1n) is 1.40. The van der Waals surface area contributed by atoms with Gasteiger partial charge in [-0.15, -0.1) is 0 Å². The van der Waals surface area contributed by atoms with E-state index in [0.717, 1.165) is 0 Å². The molecule has 0 saturated heterocycles. The molecule has 12 heteroatoms. The first-order chi connectivity index (χ1) is 4.00. The first-order valence-corrected chi connectivity index (χ1v) is 6.38. The molecule has 0 saturated carbocycles. The van der Waals surface area contributed by atoms with Gasteiger partial charge in [0.1, 0.15) is 0 Å². The van der Waals surface area contributed by atoms with Gasteiger partial charge in [0.2, 0.25) is 0 Å². The third kappa shape index (κ3) is 195. The van der Waals surface area contributed by atoms with Crippen LogP contribution in [-0.4, -0.2) is 107 Å². The van der Waals surface area contributed by atoms with E-state index < -0.39 is 18.3 Å². The third-order valence-electron chi connectivity index (χ3n) is 0. The average molecular weight is 292 g/mol. The fourth-order valence-corrected chi connectivity index (χ4v) is 0. The third-order valence-corrected chi connectivity index (χ3v) is 0. The zero-order valence-electron chi connectivity index (χ0n) is 4.24. The van der Waals surface area contributed by atoms with Crippen molar-refractivity contribution in [3.05, 3.63) is 0 Å².